The fraction of sp³-hybridized carbons (Fsp3) is 0.385. The molecule has 1 aliphatic rings. The highest BCUT2D eigenvalue weighted by Crippen LogP contribution is 2.06. The molecular weight excluding hydrogens is 230 g/mol. The highest BCUT2D eigenvalue weighted by Gasteiger charge is 2.23. The normalized spacial score (nSPS) is 18.7. The van der Waals surface area contributed by atoms with E-state index in [-0.39, 0.29) is 24.4 Å². The number of carbonyl (C=O) groups is 2. The van der Waals surface area contributed by atoms with Crippen LogP contribution in [0, 0.1) is 0 Å². The molecule has 0 spiro atoms. The standard InChI is InChI=1S/C13H17N3O2/c14-11-6-7-16(9-11)12(17)8-15-13(18)10-4-2-1-3-5-10/h1-5,11H,6-9,14H2,(H,15,18). The lowest BCUT2D eigenvalue weighted by Crippen LogP contribution is -2.40. The summed E-state index contributed by atoms with van der Waals surface area (Å²) in [5, 5.41) is 2.62. The van der Waals surface area contributed by atoms with Crippen LogP contribution >= 0.6 is 0 Å². The van der Waals surface area contributed by atoms with Crippen molar-refractivity contribution >= 4 is 11.8 Å². The minimum Gasteiger partial charge on any atom is -0.343 e. The largest absolute Gasteiger partial charge is 0.343 e. The Hall–Kier alpha value is -1.88. The lowest BCUT2D eigenvalue weighted by Gasteiger charge is -2.15. The summed E-state index contributed by atoms with van der Waals surface area (Å²) in [4.78, 5) is 25.2. The van der Waals surface area contributed by atoms with Gasteiger partial charge in [0.25, 0.3) is 5.91 Å². The Morgan fingerprint density at radius 1 is 1.33 bits per heavy atom. The predicted octanol–water partition coefficient (Wildman–Crippen LogP) is -0.0240. The van der Waals surface area contributed by atoms with Gasteiger partial charge in [-0.3, -0.25) is 9.59 Å². The first-order chi connectivity index (χ1) is 8.66. The number of benzene rings is 1. The Kier molecular flexibility index (Phi) is 3.94. The molecule has 0 saturated carbocycles. The summed E-state index contributed by atoms with van der Waals surface area (Å²) >= 11 is 0. The van der Waals surface area contributed by atoms with Gasteiger partial charge in [-0.2, -0.15) is 0 Å². The smallest absolute Gasteiger partial charge is 0.251 e. The summed E-state index contributed by atoms with van der Waals surface area (Å²) in [6, 6.07) is 8.91. The van der Waals surface area contributed by atoms with E-state index in [9.17, 15) is 9.59 Å². The van der Waals surface area contributed by atoms with Crippen LogP contribution in [0.15, 0.2) is 30.3 Å². The van der Waals surface area contributed by atoms with Crippen LogP contribution in [0.5, 0.6) is 0 Å². The van der Waals surface area contributed by atoms with E-state index < -0.39 is 0 Å². The number of rotatable bonds is 3. The van der Waals surface area contributed by atoms with Gasteiger partial charge in [-0.1, -0.05) is 18.2 Å². The summed E-state index contributed by atoms with van der Waals surface area (Å²) in [6.07, 6.45) is 0.832. The average molecular weight is 247 g/mol. The van der Waals surface area contributed by atoms with Gasteiger partial charge in [0.05, 0.1) is 6.54 Å². The number of nitrogens with one attached hydrogen (secondary N) is 1. The molecule has 0 bridgehead atoms. The monoisotopic (exact) mass is 247 g/mol. The number of nitrogens with zero attached hydrogens (tertiary/aromatic N) is 1. The molecule has 0 aromatic heterocycles. The van der Waals surface area contributed by atoms with E-state index in [4.69, 9.17) is 5.73 Å². The first-order valence-electron chi connectivity index (χ1n) is 6.03. The van der Waals surface area contributed by atoms with Crippen LogP contribution in [0.3, 0.4) is 0 Å². The van der Waals surface area contributed by atoms with E-state index >= 15 is 0 Å². The molecule has 3 N–H and O–H groups in total. The predicted molar refractivity (Wildman–Crippen MR) is 67.9 cm³/mol. The second-order valence-electron chi connectivity index (χ2n) is 4.44. The van der Waals surface area contributed by atoms with Crippen molar-refractivity contribution in [2.45, 2.75) is 12.5 Å². The van der Waals surface area contributed by atoms with Gasteiger partial charge in [-0.15, -0.1) is 0 Å². The van der Waals surface area contributed by atoms with Crippen LogP contribution in [-0.4, -0.2) is 42.4 Å². The van der Waals surface area contributed by atoms with Crippen LogP contribution in [0.2, 0.25) is 0 Å². The van der Waals surface area contributed by atoms with Gasteiger partial charge in [0.15, 0.2) is 0 Å². The number of hydrogen-bond donors (Lipinski definition) is 2. The Labute approximate surface area is 106 Å². The fourth-order valence-corrected chi connectivity index (χ4v) is 1.97. The van der Waals surface area contributed by atoms with Gasteiger partial charge in [0.2, 0.25) is 5.91 Å². The van der Waals surface area contributed by atoms with Crippen molar-refractivity contribution in [3.05, 3.63) is 35.9 Å². The second kappa shape index (κ2) is 5.64. The molecule has 1 atom stereocenters. The van der Waals surface area contributed by atoms with E-state index in [1.807, 2.05) is 6.07 Å². The molecule has 18 heavy (non-hydrogen) atoms. The summed E-state index contributed by atoms with van der Waals surface area (Å²) in [7, 11) is 0. The molecule has 5 nitrogen and oxygen atoms in total. The quantitative estimate of drug-likeness (QED) is 0.788. The number of nitrogens with two attached hydrogens (primary N) is 1. The SMILES string of the molecule is NC1CCN(C(=O)CNC(=O)c2ccccc2)C1. The molecule has 1 aromatic carbocycles. The van der Waals surface area contributed by atoms with Gasteiger partial charge in [0.1, 0.15) is 0 Å². The third kappa shape index (κ3) is 3.07. The first kappa shape index (κ1) is 12.6. The zero-order valence-corrected chi connectivity index (χ0v) is 10.1. The molecule has 1 heterocycles. The van der Waals surface area contributed by atoms with Gasteiger partial charge >= 0.3 is 0 Å². The molecule has 0 radical (unpaired) electrons. The molecular formula is C13H17N3O2. The number of hydrogen-bond acceptors (Lipinski definition) is 3. The Bertz CT molecular complexity index is 433. The van der Waals surface area contributed by atoms with Crippen LogP contribution < -0.4 is 11.1 Å². The topological polar surface area (TPSA) is 75.4 Å². The van der Waals surface area contributed by atoms with Crippen molar-refractivity contribution in [3.8, 4) is 0 Å². The molecule has 5 heteroatoms. The summed E-state index contributed by atoms with van der Waals surface area (Å²) < 4.78 is 0. The first-order valence-corrected chi connectivity index (χ1v) is 6.03. The van der Waals surface area contributed by atoms with Crippen molar-refractivity contribution in [2.75, 3.05) is 19.6 Å². The molecule has 1 saturated heterocycles. The Morgan fingerprint density at radius 2 is 2.06 bits per heavy atom. The molecule has 1 aliphatic heterocycles. The summed E-state index contributed by atoms with van der Waals surface area (Å²) in [5.41, 5.74) is 6.29. The minimum atomic E-state index is -0.229. The van der Waals surface area contributed by atoms with Gasteiger partial charge < -0.3 is 16.0 Å². The molecule has 96 valence electrons. The minimum absolute atomic E-state index is 0.0282. The van der Waals surface area contributed by atoms with Crippen LogP contribution in [0.4, 0.5) is 0 Å². The number of amides is 2. The maximum Gasteiger partial charge on any atom is 0.251 e. The van der Waals surface area contributed by atoms with Crippen LogP contribution in [-0.2, 0) is 4.79 Å². The van der Waals surface area contributed by atoms with Crippen molar-refractivity contribution in [1.29, 1.82) is 0 Å². The Balaban J connectivity index is 1.81. The van der Waals surface area contributed by atoms with Crippen molar-refractivity contribution in [2.24, 2.45) is 5.73 Å². The number of carbonyl (C=O) groups excluding carboxylic acids is 2. The number of likely N-dealkylation sites (tertiary alicyclic amines) is 1. The van der Waals surface area contributed by atoms with Crippen molar-refractivity contribution in [1.82, 2.24) is 10.2 Å². The third-order valence-electron chi connectivity index (χ3n) is 3.01. The van der Waals surface area contributed by atoms with E-state index in [0.717, 1.165) is 6.42 Å². The van der Waals surface area contributed by atoms with E-state index in [0.29, 0.717) is 18.7 Å². The van der Waals surface area contributed by atoms with Gasteiger partial charge in [-0.05, 0) is 18.6 Å². The van der Waals surface area contributed by atoms with E-state index in [1.54, 1.807) is 29.2 Å². The highest BCUT2D eigenvalue weighted by molar-refractivity contribution is 5.96. The molecule has 2 rings (SSSR count). The molecule has 1 fully saturated rings. The maximum absolute atomic E-state index is 11.8. The molecule has 1 aromatic rings. The fourth-order valence-electron chi connectivity index (χ4n) is 1.97. The lowest BCUT2D eigenvalue weighted by molar-refractivity contribution is -0.129. The molecule has 2 amide bonds. The van der Waals surface area contributed by atoms with E-state index in [2.05, 4.69) is 5.32 Å². The lowest BCUT2D eigenvalue weighted by atomic mass is 10.2. The van der Waals surface area contributed by atoms with Crippen molar-refractivity contribution in [3.63, 3.8) is 0 Å². The van der Waals surface area contributed by atoms with Crippen molar-refractivity contribution < 1.29 is 9.59 Å². The van der Waals surface area contributed by atoms with Crippen LogP contribution in [0.25, 0.3) is 0 Å². The summed E-state index contributed by atoms with van der Waals surface area (Å²) in [6.45, 7) is 1.29. The van der Waals surface area contributed by atoms with E-state index in [1.165, 1.54) is 0 Å². The van der Waals surface area contributed by atoms with Gasteiger partial charge in [0, 0.05) is 24.7 Å². The highest BCUT2D eigenvalue weighted by atomic mass is 16.2. The molecule has 1 unspecified atom stereocenters. The van der Waals surface area contributed by atoms with Gasteiger partial charge in [-0.25, -0.2) is 0 Å². The molecule has 0 aliphatic carbocycles. The Morgan fingerprint density at radius 3 is 2.67 bits per heavy atom. The second-order valence-corrected chi connectivity index (χ2v) is 4.44. The zero-order chi connectivity index (χ0) is 13.0. The zero-order valence-electron chi connectivity index (χ0n) is 10.1. The average Bonchev–Trinajstić information content (AvgIpc) is 2.83. The summed E-state index contributed by atoms with van der Waals surface area (Å²) in [5.74, 6) is -0.306. The third-order valence-corrected chi connectivity index (χ3v) is 3.01. The van der Waals surface area contributed by atoms with Crippen LogP contribution in [0.1, 0.15) is 16.8 Å². The maximum atomic E-state index is 11.8.